The molecule has 0 bridgehead atoms. The molecule has 0 amide bonds. The van der Waals surface area contributed by atoms with E-state index in [1.807, 2.05) is 7.05 Å². The van der Waals surface area contributed by atoms with Gasteiger partial charge in [-0.25, -0.2) is 0 Å². The fourth-order valence-electron chi connectivity index (χ4n) is 3.11. The Labute approximate surface area is 108 Å². The lowest BCUT2D eigenvalue weighted by atomic mass is 9.86. The summed E-state index contributed by atoms with van der Waals surface area (Å²) in [5, 5.41) is 7.51. The van der Waals surface area contributed by atoms with Crippen molar-refractivity contribution in [2.24, 2.45) is 0 Å². The zero-order chi connectivity index (χ0) is 12.4. The molecule has 3 rings (SSSR count). The van der Waals surface area contributed by atoms with E-state index in [9.17, 15) is 0 Å². The van der Waals surface area contributed by atoms with Gasteiger partial charge in [0.15, 0.2) is 0 Å². The van der Waals surface area contributed by atoms with Crippen molar-refractivity contribution >= 4 is 5.95 Å². The Kier molecular flexibility index (Phi) is 3.50. The third-order valence-electron chi connectivity index (χ3n) is 4.25. The summed E-state index contributed by atoms with van der Waals surface area (Å²) in [7, 11) is 2.04. The van der Waals surface area contributed by atoms with Gasteiger partial charge in [0, 0.05) is 25.0 Å². The minimum Gasteiger partial charge on any atom is -0.338 e. The van der Waals surface area contributed by atoms with E-state index in [1.165, 1.54) is 32.1 Å². The molecule has 1 N–H and O–H groups in total. The van der Waals surface area contributed by atoms with Crippen LogP contribution in [0.5, 0.6) is 0 Å². The molecule has 1 saturated carbocycles. The maximum Gasteiger partial charge on any atom is 0.266 e. The Bertz CT molecular complexity index is 386. The number of nitrogens with one attached hydrogen (secondary N) is 1. The predicted molar refractivity (Wildman–Crippen MR) is 69.8 cm³/mol. The van der Waals surface area contributed by atoms with Crippen LogP contribution in [0.3, 0.4) is 0 Å². The SMILES string of the molecule is CNC1CCCC(c2nc(N3CCCC3)no2)C1. The Morgan fingerprint density at radius 1 is 1.22 bits per heavy atom. The van der Waals surface area contributed by atoms with Crippen molar-refractivity contribution in [2.75, 3.05) is 25.0 Å². The van der Waals surface area contributed by atoms with Gasteiger partial charge in [-0.15, -0.1) is 0 Å². The Hall–Kier alpha value is -1.10. The number of rotatable bonds is 3. The van der Waals surface area contributed by atoms with Gasteiger partial charge in [0.05, 0.1) is 0 Å². The molecule has 2 atom stereocenters. The van der Waals surface area contributed by atoms with Crippen LogP contribution in [0, 0.1) is 0 Å². The van der Waals surface area contributed by atoms with Gasteiger partial charge in [0.25, 0.3) is 5.95 Å². The maximum atomic E-state index is 5.48. The van der Waals surface area contributed by atoms with Crippen LogP contribution in [0.25, 0.3) is 0 Å². The zero-order valence-electron chi connectivity index (χ0n) is 11.1. The van der Waals surface area contributed by atoms with Crippen LogP contribution in [0.15, 0.2) is 4.52 Å². The third-order valence-corrected chi connectivity index (χ3v) is 4.25. The van der Waals surface area contributed by atoms with Crippen molar-refractivity contribution < 1.29 is 4.52 Å². The number of hydrogen-bond acceptors (Lipinski definition) is 5. The molecule has 1 aromatic heterocycles. The summed E-state index contributed by atoms with van der Waals surface area (Å²) >= 11 is 0. The maximum absolute atomic E-state index is 5.48. The fraction of sp³-hybridized carbons (Fsp3) is 0.846. The molecule has 18 heavy (non-hydrogen) atoms. The smallest absolute Gasteiger partial charge is 0.266 e. The monoisotopic (exact) mass is 250 g/mol. The van der Waals surface area contributed by atoms with Gasteiger partial charge in [0.2, 0.25) is 5.89 Å². The molecule has 0 radical (unpaired) electrons. The van der Waals surface area contributed by atoms with E-state index in [-0.39, 0.29) is 0 Å². The number of anilines is 1. The highest BCUT2D eigenvalue weighted by Crippen LogP contribution is 2.32. The van der Waals surface area contributed by atoms with Crippen molar-refractivity contribution in [2.45, 2.75) is 50.5 Å². The molecular formula is C13H22N4O. The number of nitrogens with zero attached hydrogens (tertiary/aromatic N) is 3. The quantitative estimate of drug-likeness (QED) is 0.888. The van der Waals surface area contributed by atoms with E-state index in [2.05, 4.69) is 20.4 Å². The second-order valence-electron chi connectivity index (χ2n) is 5.48. The largest absolute Gasteiger partial charge is 0.338 e. The first-order valence-electron chi connectivity index (χ1n) is 7.12. The number of hydrogen-bond donors (Lipinski definition) is 1. The first-order valence-corrected chi connectivity index (χ1v) is 7.12. The summed E-state index contributed by atoms with van der Waals surface area (Å²) in [6, 6.07) is 0.603. The van der Waals surface area contributed by atoms with E-state index in [0.29, 0.717) is 12.0 Å². The molecule has 1 saturated heterocycles. The van der Waals surface area contributed by atoms with Crippen LogP contribution in [0.1, 0.15) is 50.3 Å². The highest BCUT2D eigenvalue weighted by molar-refractivity contribution is 5.29. The summed E-state index contributed by atoms with van der Waals surface area (Å²) in [6.45, 7) is 2.14. The van der Waals surface area contributed by atoms with Gasteiger partial charge >= 0.3 is 0 Å². The van der Waals surface area contributed by atoms with Crippen LogP contribution in [0.4, 0.5) is 5.95 Å². The minimum absolute atomic E-state index is 0.444. The van der Waals surface area contributed by atoms with Crippen LogP contribution >= 0.6 is 0 Å². The lowest BCUT2D eigenvalue weighted by Crippen LogP contribution is -2.30. The van der Waals surface area contributed by atoms with Gasteiger partial charge in [-0.05, 0) is 44.3 Å². The van der Waals surface area contributed by atoms with Gasteiger partial charge in [-0.1, -0.05) is 6.42 Å². The summed E-state index contributed by atoms with van der Waals surface area (Å²) in [5.41, 5.74) is 0. The standard InChI is InChI=1S/C13H22N4O/c1-14-11-6-4-5-10(9-11)12-15-13(16-18-12)17-7-2-3-8-17/h10-11,14H,2-9H2,1H3. The van der Waals surface area contributed by atoms with Crippen LogP contribution in [-0.2, 0) is 0 Å². The molecule has 2 unspecified atom stereocenters. The molecule has 2 aliphatic rings. The van der Waals surface area contributed by atoms with E-state index < -0.39 is 0 Å². The number of aromatic nitrogens is 2. The normalized spacial score (nSPS) is 28.8. The Morgan fingerprint density at radius 3 is 2.83 bits per heavy atom. The zero-order valence-corrected chi connectivity index (χ0v) is 11.1. The fourth-order valence-corrected chi connectivity index (χ4v) is 3.11. The first-order chi connectivity index (χ1) is 8.86. The molecule has 1 aliphatic carbocycles. The minimum atomic E-state index is 0.444. The predicted octanol–water partition coefficient (Wildman–Crippen LogP) is 1.92. The molecule has 5 nitrogen and oxygen atoms in total. The van der Waals surface area contributed by atoms with Crippen LogP contribution in [0.2, 0.25) is 0 Å². The van der Waals surface area contributed by atoms with Gasteiger partial charge in [0.1, 0.15) is 0 Å². The topological polar surface area (TPSA) is 54.2 Å². The summed E-state index contributed by atoms with van der Waals surface area (Å²) in [6.07, 6.45) is 7.31. The molecule has 1 aliphatic heterocycles. The Morgan fingerprint density at radius 2 is 2.06 bits per heavy atom. The average molecular weight is 250 g/mol. The van der Waals surface area contributed by atoms with E-state index >= 15 is 0 Å². The van der Waals surface area contributed by atoms with Gasteiger partial charge < -0.3 is 14.7 Å². The summed E-state index contributed by atoms with van der Waals surface area (Å²) in [4.78, 5) is 6.83. The van der Waals surface area contributed by atoms with Crippen molar-refractivity contribution in [3.63, 3.8) is 0 Å². The Balaban J connectivity index is 1.68. The van der Waals surface area contributed by atoms with Crippen molar-refractivity contribution in [3.05, 3.63) is 5.89 Å². The van der Waals surface area contributed by atoms with Crippen molar-refractivity contribution in [1.82, 2.24) is 15.5 Å². The molecule has 1 aromatic rings. The van der Waals surface area contributed by atoms with Crippen LogP contribution < -0.4 is 10.2 Å². The van der Waals surface area contributed by atoms with Gasteiger partial charge in [-0.2, -0.15) is 4.98 Å². The second kappa shape index (κ2) is 5.26. The summed E-state index contributed by atoms with van der Waals surface area (Å²) < 4.78 is 5.48. The molecule has 0 aromatic carbocycles. The van der Waals surface area contributed by atoms with Crippen molar-refractivity contribution in [1.29, 1.82) is 0 Å². The molecule has 2 fully saturated rings. The molecule has 5 heteroatoms. The molecule has 0 spiro atoms. The average Bonchev–Trinajstić information content (AvgIpc) is 3.09. The highest BCUT2D eigenvalue weighted by atomic mass is 16.5. The first kappa shape index (κ1) is 12.0. The van der Waals surface area contributed by atoms with E-state index in [1.54, 1.807) is 0 Å². The van der Waals surface area contributed by atoms with Gasteiger partial charge in [-0.3, -0.25) is 0 Å². The van der Waals surface area contributed by atoms with E-state index in [4.69, 9.17) is 4.52 Å². The molecular weight excluding hydrogens is 228 g/mol. The molecule has 2 heterocycles. The van der Waals surface area contributed by atoms with E-state index in [0.717, 1.165) is 31.3 Å². The third kappa shape index (κ3) is 2.36. The van der Waals surface area contributed by atoms with Crippen LogP contribution in [-0.4, -0.2) is 36.3 Å². The highest BCUT2D eigenvalue weighted by Gasteiger charge is 2.27. The lowest BCUT2D eigenvalue weighted by molar-refractivity contribution is 0.284. The second-order valence-corrected chi connectivity index (χ2v) is 5.48. The molecule has 100 valence electrons. The van der Waals surface area contributed by atoms with Crippen molar-refractivity contribution in [3.8, 4) is 0 Å². The lowest BCUT2D eigenvalue weighted by Gasteiger charge is -2.26. The summed E-state index contributed by atoms with van der Waals surface area (Å²) in [5.74, 6) is 2.09.